The highest BCUT2D eigenvalue weighted by Gasteiger charge is 2.29. The Morgan fingerprint density at radius 1 is 1.44 bits per heavy atom. The molecule has 106 valence electrons. The summed E-state index contributed by atoms with van der Waals surface area (Å²) >= 11 is 0. The van der Waals surface area contributed by atoms with Gasteiger partial charge in [-0.2, -0.15) is 0 Å². The molecule has 7 heteroatoms. The number of carbonyl (C=O) groups excluding carboxylic acids is 1. The van der Waals surface area contributed by atoms with E-state index in [-0.39, 0.29) is 17.8 Å². The van der Waals surface area contributed by atoms with Gasteiger partial charge in [0.25, 0.3) is 0 Å². The van der Waals surface area contributed by atoms with Gasteiger partial charge < -0.3 is 9.64 Å². The molecule has 0 unspecified atom stereocenters. The first-order valence-corrected chi connectivity index (χ1v) is 8.45. The van der Waals surface area contributed by atoms with Crippen molar-refractivity contribution in [1.82, 2.24) is 4.90 Å². The van der Waals surface area contributed by atoms with Crippen LogP contribution in [0.1, 0.15) is 33.6 Å². The van der Waals surface area contributed by atoms with Gasteiger partial charge in [-0.3, -0.25) is 0 Å². The van der Waals surface area contributed by atoms with E-state index >= 15 is 0 Å². The summed E-state index contributed by atoms with van der Waals surface area (Å²) in [5.74, 6) is -0.192. The van der Waals surface area contributed by atoms with Gasteiger partial charge in [0, 0.05) is 23.8 Å². The van der Waals surface area contributed by atoms with Crippen molar-refractivity contribution >= 4 is 25.8 Å². The molecule has 0 aliphatic carbocycles. The fourth-order valence-electron chi connectivity index (χ4n) is 1.97. The van der Waals surface area contributed by atoms with Gasteiger partial charge in [0.15, 0.2) is 0 Å². The van der Waals surface area contributed by atoms with Crippen LogP contribution in [0.25, 0.3) is 0 Å². The number of likely N-dealkylation sites (tertiary alicyclic amines) is 1. The number of piperidine rings is 1. The summed E-state index contributed by atoms with van der Waals surface area (Å²) in [5.41, 5.74) is -0.539. The highest BCUT2D eigenvalue weighted by molar-refractivity contribution is 8.13. The molecule has 0 radical (unpaired) electrons. The summed E-state index contributed by atoms with van der Waals surface area (Å²) < 4.78 is 27.3. The number of ether oxygens (including phenoxy) is 1. The first-order valence-electron chi connectivity index (χ1n) is 5.97. The summed E-state index contributed by atoms with van der Waals surface area (Å²) in [5, 5.41) is 0. The standard InChI is InChI=1S/C11H20ClNO4S/c1-11(2,3)17-10(14)13-6-4-5-9(7-13)8-18(12,15)16/h9H,4-8H2,1-3H3/t9-/m1/s1. The monoisotopic (exact) mass is 297 g/mol. The molecule has 1 atom stereocenters. The lowest BCUT2D eigenvalue weighted by Gasteiger charge is -2.33. The Morgan fingerprint density at radius 3 is 2.56 bits per heavy atom. The quantitative estimate of drug-likeness (QED) is 0.733. The maximum absolute atomic E-state index is 11.8. The smallest absolute Gasteiger partial charge is 0.410 e. The Bertz CT molecular complexity index is 402. The Kier molecular flexibility index (Phi) is 4.89. The van der Waals surface area contributed by atoms with E-state index in [1.807, 2.05) is 0 Å². The molecule has 0 aromatic rings. The van der Waals surface area contributed by atoms with Crippen molar-refractivity contribution in [1.29, 1.82) is 0 Å². The molecular formula is C11H20ClNO4S. The molecule has 1 rings (SSSR count). The van der Waals surface area contributed by atoms with Crippen molar-refractivity contribution in [2.45, 2.75) is 39.2 Å². The van der Waals surface area contributed by atoms with Crippen LogP contribution in [0.2, 0.25) is 0 Å². The molecular weight excluding hydrogens is 278 g/mol. The third-order valence-corrected chi connectivity index (χ3v) is 3.85. The lowest BCUT2D eigenvalue weighted by atomic mass is 10.0. The van der Waals surface area contributed by atoms with Gasteiger partial charge in [-0.15, -0.1) is 0 Å². The van der Waals surface area contributed by atoms with Crippen LogP contribution in [-0.2, 0) is 13.8 Å². The van der Waals surface area contributed by atoms with Gasteiger partial charge in [-0.25, -0.2) is 13.2 Å². The van der Waals surface area contributed by atoms with E-state index in [9.17, 15) is 13.2 Å². The molecule has 1 saturated heterocycles. The van der Waals surface area contributed by atoms with E-state index in [1.165, 1.54) is 0 Å². The Balaban J connectivity index is 2.56. The molecule has 1 fully saturated rings. The number of nitrogens with zero attached hydrogens (tertiary/aromatic N) is 1. The van der Waals surface area contributed by atoms with Gasteiger partial charge >= 0.3 is 6.09 Å². The third kappa shape index (κ3) is 5.91. The van der Waals surface area contributed by atoms with Gasteiger partial charge in [-0.05, 0) is 39.5 Å². The predicted octanol–water partition coefficient (Wildman–Crippen LogP) is 2.20. The zero-order valence-electron chi connectivity index (χ0n) is 11.0. The molecule has 0 bridgehead atoms. The second-order valence-electron chi connectivity index (χ2n) is 5.64. The number of rotatable bonds is 2. The summed E-state index contributed by atoms with van der Waals surface area (Å²) in [6, 6.07) is 0. The Labute approximate surface area is 113 Å². The van der Waals surface area contributed by atoms with Crippen molar-refractivity contribution < 1.29 is 17.9 Å². The minimum Gasteiger partial charge on any atom is -0.444 e. The average molecular weight is 298 g/mol. The largest absolute Gasteiger partial charge is 0.444 e. The highest BCUT2D eigenvalue weighted by atomic mass is 35.7. The minimum absolute atomic E-state index is 0.0894. The van der Waals surface area contributed by atoms with Gasteiger partial charge in [0.1, 0.15) is 5.60 Å². The predicted molar refractivity (Wildman–Crippen MR) is 70.2 cm³/mol. The van der Waals surface area contributed by atoms with Crippen molar-refractivity contribution in [3.8, 4) is 0 Å². The van der Waals surface area contributed by atoms with Gasteiger partial charge in [-0.1, -0.05) is 0 Å². The van der Waals surface area contributed by atoms with Crippen LogP contribution in [0.4, 0.5) is 4.79 Å². The van der Waals surface area contributed by atoms with Gasteiger partial charge in [0.2, 0.25) is 9.05 Å². The van der Waals surface area contributed by atoms with E-state index in [0.29, 0.717) is 13.1 Å². The molecule has 0 aromatic carbocycles. The fourth-order valence-corrected chi connectivity index (χ4v) is 3.34. The van der Waals surface area contributed by atoms with E-state index in [4.69, 9.17) is 15.4 Å². The average Bonchev–Trinajstić information content (AvgIpc) is 2.12. The summed E-state index contributed by atoms with van der Waals surface area (Å²) in [7, 11) is 1.72. The molecule has 5 nitrogen and oxygen atoms in total. The van der Waals surface area contributed by atoms with Crippen LogP contribution in [0.5, 0.6) is 0 Å². The number of halogens is 1. The lowest BCUT2D eigenvalue weighted by Crippen LogP contribution is -2.44. The second kappa shape index (κ2) is 5.65. The first-order chi connectivity index (χ1) is 8.07. The van der Waals surface area contributed by atoms with Gasteiger partial charge in [0.05, 0.1) is 5.75 Å². The van der Waals surface area contributed by atoms with E-state index < -0.39 is 14.7 Å². The Morgan fingerprint density at radius 2 is 2.06 bits per heavy atom. The topological polar surface area (TPSA) is 63.7 Å². The summed E-state index contributed by atoms with van der Waals surface area (Å²) in [6.45, 7) is 6.40. The molecule has 0 aromatic heterocycles. The molecule has 1 aliphatic heterocycles. The second-order valence-corrected chi connectivity index (χ2v) is 8.46. The van der Waals surface area contributed by atoms with E-state index in [0.717, 1.165) is 12.8 Å². The first kappa shape index (κ1) is 15.6. The summed E-state index contributed by atoms with van der Waals surface area (Å²) in [4.78, 5) is 13.4. The zero-order valence-corrected chi connectivity index (χ0v) is 12.6. The number of hydrogen-bond donors (Lipinski definition) is 0. The van der Waals surface area contributed by atoms with Crippen LogP contribution < -0.4 is 0 Å². The molecule has 1 amide bonds. The van der Waals surface area contributed by atoms with Crippen LogP contribution in [0.3, 0.4) is 0 Å². The maximum Gasteiger partial charge on any atom is 0.410 e. The molecule has 1 heterocycles. The zero-order chi connectivity index (χ0) is 14.0. The molecule has 18 heavy (non-hydrogen) atoms. The van der Waals surface area contributed by atoms with Crippen molar-refractivity contribution in [2.24, 2.45) is 5.92 Å². The number of hydrogen-bond acceptors (Lipinski definition) is 4. The molecule has 0 saturated carbocycles. The van der Waals surface area contributed by atoms with Crippen LogP contribution in [0, 0.1) is 5.92 Å². The molecule has 0 spiro atoms. The highest BCUT2D eigenvalue weighted by Crippen LogP contribution is 2.21. The normalized spacial score (nSPS) is 21.8. The fraction of sp³-hybridized carbons (Fsp3) is 0.909. The van der Waals surface area contributed by atoms with Crippen LogP contribution in [-0.4, -0.2) is 43.9 Å². The number of carbonyl (C=O) groups is 1. The van der Waals surface area contributed by atoms with Crippen molar-refractivity contribution in [2.75, 3.05) is 18.8 Å². The molecule has 1 aliphatic rings. The van der Waals surface area contributed by atoms with Crippen molar-refractivity contribution in [3.63, 3.8) is 0 Å². The van der Waals surface area contributed by atoms with E-state index in [1.54, 1.807) is 25.7 Å². The lowest BCUT2D eigenvalue weighted by molar-refractivity contribution is 0.0176. The molecule has 0 N–H and O–H groups in total. The maximum atomic E-state index is 11.8. The third-order valence-electron chi connectivity index (χ3n) is 2.61. The summed E-state index contributed by atoms with van der Waals surface area (Å²) in [6.07, 6.45) is 1.15. The Hall–Kier alpha value is -0.490. The van der Waals surface area contributed by atoms with Crippen molar-refractivity contribution in [3.05, 3.63) is 0 Å². The minimum atomic E-state index is -3.51. The van der Waals surface area contributed by atoms with Crippen LogP contribution >= 0.6 is 10.7 Å². The van der Waals surface area contributed by atoms with E-state index in [2.05, 4.69) is 0 Å². The van der Waals surface area contributed by atoms with Crippen LogP contribution in [0.15, 0.2) is 0 Å². The SMILES string of the molecule is CC(C)(C)OC(=O)N1CCC[C@@H](CS(=O)(=O)Cl)C1. The number of amides is 1.